The molecule has 1 aliphatic carbocycles. The molecule has 2 aromatic rings. The Kier molecular flexibility index (Phi) is 10.1. The topological polar surface area (TPSA) is 96.1 Å². The number of rotatable bonds is 10. The molecule has 5 rings (SSSR count). The number of nitrogens with one attached hydrogen (secondary N) is 2. The van der Waals surface area contributed by atoms with Crippen LogP contribution in [0.2, 0.25) is 0 Å². The highest BCUT2D eigenvalue weighted by atomic mass is 16.5. The number of carbonyl (C=O) groups is 1. The zero-order valence-electron chi connectivity index (χ0n) is 26.8. The van der Waals surface area contributed by atoms with Gasteiger partial charge in [-0.1, -0.05) is 0 Å². The Morgan fingerprint density at radius 3 is 2.44 bits per heavy atom. The average Bonchev–Trinajstić information content (AvgIpc) is 2.93. The molecule has 0 spiro atoms. The van der Waals surface area contributed by atoms with Gasteiger partial charge in [-0.25, -0.2) is 0 Å². The molecule has 1 amide bonds. The van der Waals surface area contributed by atoms with Gasteiger partial charge in [0.25, 0.3) is 11.5 Å². The molecule has 1 saturated carbocycles. The van der Waals surface area contributed by atoms with Gasteiger partial charge in [0.1, 0.15) is 5.75 Å². The number of anilines is 1. The maximum Gasteiger partial charge on any atom is 0.253 e. The van der Waals surface area contributed by atoms with Crippen LogP contribution in [0, 0.1) is 26.7 Å². The summed E-state index contributed by atoms with van der Waals surface area (Å²) in [4.78, 5) is 34.0. The van der Waals surface area contributed by atoms with E-state index < -0.39 is 0 Å². The highest BCUT2D eigenvalue weighted by Gasteiger charge is 2.34. The molecule has 2 atom stereocenters. The molecule has 1 aromatic heterocycles. The smallest absolute Gasteiger partial charge is 0.253 e. The Morgan fingerprint density at radius 2 is 1.79 bits per heavy atom. The zero-order valence-corrected chi connectivity index (χ0v) is 26.8. The number of pyridine rings is 1. The van der Waals surface area contributed by atoms with Crippen LogP contribution >= 0.6 is 0 Å². The van der Waals surface area contributed by atoms with Crippen molar-refractivity contribution in [3.8, 4) is 5.75 Å². The number of aryl methyl sites for hydroxylation is 2. The maximum absolute atomic E-state index is 13.7. The Morgan fingerprint density at radius 1 is 1.09 bits per heavy atom. The monoisotopic (exact) mass is 594 g/mol. The van der Waals surface area contributed by atoms with Crippen molar-refractivity contribution in [2.75, 3.05) is 44.3 Å². The van der Waals surface area contributed by atoms with Gasteiger partial charge in [-0.2, -0.15) is 0 Å². The molecule has 3 heterocycles. The van der Waals surface area contributed by atoms with Gasteiger partial charge in [0.2, 0.25) is 0 Å². The molecule has 1 unspecified atom stereocenters. The van der Waals surface area contributed by atoms with Crippen LogP contribution in [0.15, 0.2) is 23.0 Å². The molecule has 9 heteroatoms. The van der Waals surface area contributed by atoms with Gasteiger partial charge in [-0.15, -0.1) is 0 Å². The van der Waals surface area contributed by atoms with Gasteiger partial charge in [0.15, 0.2) is 0 Å². The van der Waals surface area contributed by atoms with Crippen molar-refractivity contribution in [2.45, 2.75) is 98.1 Å². The normalized spacial score (nSPS) is 24.8. The number of ether oxygens (including phenoxy) is 3. The molecule has 2 saturated heterocycles. The highest BCUT2D eigenvalue weighted by molar-refractivity contribution is 5.97. The van der Waals surface area contributed by atoms with Gasteiger partial charge in [-0.3, -0.25) is 14.5 Å². The second kappa shape index (κ2) is 13.8. The van der Waals surface area contributed by atoms with Crippen molar-refractivity contribution < 1.29 is 19.0 Å². The maximum atomic E-state index is 13.7. The minimum absolute atomic E-state index is 0.138. The summed E-state index contributed by atoms with van der Waals surface area (Å²) in [5.41, 5.74) is 4.64. The van der Waals surface area contributed by atoms with E-state index in [1.807, 2.05) is 32.9 Å². The fourth-order valence-electron chi connectivity index (χ4n) is 7.17. The molecule has 236 valence electrons. The molecule has 3 aliphatic rings. The standard InChI is InChI=1S/C34H50N4O5/c1-7-38(27-8-10-41-11-9-27)32-16-29(43-28-13-26(14-28)20-37-18-23(4)42-24(5)19-37)15-30(25(32)6)33(39)35-17-31-21(2)12-22(3)36-34(31)40/h12,15-16,23-24,26-28H,7-11,13-14,17-20H2,1-6H3,(H,35,39)(H,36,40)/t23-,24?,26?,28?/m1/s1. The second-order valence-electron chi connectivity index (χ2n) is 12.9. The number of hydrogen-bond donors (Lipinski definition) is 2. The molecule has 0 radical (unpaired) electrons. The molecule has 1 aromatic carbocycles. The SMILES string of the molecule is CCN(c1cc(OC2CC(CN3CC(C)O[C@H](C)C3)C2)cc(C(=O)NCc2c(C)cc(C)[nH]c2=O)c1C)C1CCOCC1. The van der Waals surface area contributed by atoms with Crippen LogP contribution in [-0.4, -0.2) is 79.5 Å². The van der Waals surface area contributed by atoms with E-state index in [4.69, 9.17) is 14.2 Å². The van der Waals surface area contributed by atoms with Crippen molar-refractivity contribution in [1.29, 1.82) is 0 Å². The minimum atomic E-state index is -0.200. The summed E-state index contributed by atoms with van der Waals surface area (Å²) >= 11 is 0. The predicted molar refractivity (Wildman–Crippen MR) is 169 cm³/mol. The number of aromatic nitrogens is 1. The number of H-pyrrole nitrogens is 1. The number of nitrogens with zero attached hydrogens (tertiary/aromatic N) is 2. The van der Waals surface area contributed by atoms with Crippen molar-refractivity contribution in [3.63, 3.8) is 0 Å². The fourth-order valence-corrected chi connectivity index (χ4v) is 7.17. The summed E-state index contributed by atoms with van der Waals surface area (Å²) in [5.74, 6) is 1.15. The Hall–Kier alpha value is -2.88. The number of morpholine rings is 1. The molecular weight excluding hydrogens is 544 g/mol. The van der Waals surface area contributed by atoms with E-state index in [1.165, 1.54) is 0 Å². The summed E-state index contributed by atoms with van der Waals surface area (Å²) in [6, 6.07) is 6.29. The van der Waals surface area contributed by atoms with Crippen LogP contribution in [0.25, 0.3) is 0 Å². The first-order valence-electron chi connectivity index (χ1n) is 16.1. The van der Waals surface area contributed by atoms with E-state index in [0.717, 1.165) is 93.3 Å². The highest BCUT2D eigenvalue weighted by Crippen LogP contribution is 2.37. The second-order valence-corrected chi connectivity index (χ2v) is 12.9. The molecule has 2 N–H and O–H groups in total. The van der Waals surface area contributed by atoms with Crippen molar-refractivity contribution in [3.05, 3.63) is 56.5 Å². The van der Waals surface area contributed by atoms with Crippen LogP contribution in [0.5, 0.6) is 5.75 Å². The van der Waals surface area contributed by atoms with Gasteiger partial charge in [-0.05, 0) is 96.4 Å². The average molecular weight is 595 g/mol. The van der Waals surface area contributed by atoms with Crippen molar-refractivity contribution in [1.82, 2.24) is 15.2 Å². The molecule has 2 aliphatic heterocycles. The Bertz CT molecular complexity index is 1320. The lowest BCUT2D eigenvalue weighted by atomic mass is 9.81. The third-order valence-corrected chi connectivity index (χ3v) is 9.31. The first-order valence-corrected chi connectivity index (χ1v) is 16.1. The lowest BCUT2D eigenvalue weighted by Crippen LogP contribution is -2.49. The van der Waals surface area contributed by atoms with Gasteiger partial charge in [0, 0.05) is 80.6 Å². The Balaban J connectivity index is 1.33. The first kappa shape index (κ1) is 31.5. The first-order chi connectivity index (χ1) is 20.6. The van der Waals surface area contributed by atoms with Crippen LogP contribution in [-0.2, 0) is 16.0 Å². The predicted octanol–water partition coefficient (Wildman–Crippen LogP) is 4.50. The Labute approximate surface area is 256 Å². The third kappa shape index (κ3) is 7.62. The number of benzene rings is 1. The summed E-state index contributed by atoms with van der Waals surface area (Å²) in [6.07, 6.45) is 4.63. The van der Waals surface area contributed by atoms with Gasteiger partial charge >= 0.3 is 0 Å². The number of carbonyl (C=O) groups excluding carboxylic acids is 1. The number of aromatic amines is 1. The van der Waals surface area contributed by atoms with E-state index in [2.05, 4.69) is 46.9 Å². The minimum Gasteiger partial charge on any atom is -0.490 e. The van der Waals surface area contributed by atoms with E-state index in [9.17, 15) is 9.59 Å². The van der Waals surface area contributed by atoms with E-state index in [-0.39, 0.29) is 36.3 Å². The van der Waals surface area contributed by atoms with E-state index in [0.29, 0.717) is 23.1 Å². The van der Waals surface area contributed by atoms with Crippen LogP contribution in [0.1, 0.15) is 79.2 Å². The quantitative estimate of drug-likeness (QED) is 0.418. The molecule has 0 bridgehead atoms. The van der Waals surface area contributed by atoms with Crippen LogP contribution in [0.3, 0.4) is 0 Å². The number of hydrogen-bond acceptors (Lipinski definition) is 7. The fraction of sp³-hybridized carbons (Fsp3) is 0.647. The molecule has 9 nitrogen and oxygen atoms in total. The molecule has 43 heavy (non-hydrogen) atoms. The summed E-state index contributed by atoms with van der Waals surface area (Å²) in [6.45, 7) is 17.8. The van der Waals surface area contributed by atoms with Gasteiger partial charge in [0.05, 0.1) is 18.3 Å². The largest absolute Gasteiger partial charge is 0.490 e. The number of amides is 1. The lowest BCUT2D eigenvalue weighted by Gasteiger charge is -2.42. The summed E-state index contributed by atoms with van der Waals surface area (Å²) in [5, 5.41) is 3.02. The van der Waals surface area contributed by atoms with Crippen molar-refractivity contribution >= 4 is 11.6 Å². The summed E-state index contributed by atoms with van der Waals surface area (Å²) < 4.78 is 18.1. The molecule has 3 fully saturated rings. The van der Waals surface area contributed by atoms with Crippen molar-refractivity contribution in [2.24, 2.45) is 5.92 Å². The zero-order chi connectivity index (χ0) is 30.7. The lowest BCUT2D eigenvalue weighted by molar-refractivity contribution is -0.0787. The van der Waals surface area contributed by atoms with E-state index >= 15 is 0 Å². The van der Waals surface area contributed by atoms with Crippen LogP contribution in [0.4, 0.5) is 5.69 Å². The van der Waals surface area contributed by atoms with Crippen LogP contribution < -0.4 is 20.5 Å². The third-order valence-electron chi connectivity index (χ3n) is 9.31. The molecular formula is C34H50N4O5. The van der Waals surface area contributed by atoms with Gasteiger partial charge < -0.3 is 29.4 Å². The van der Waals surface area contributed by atoms with E-state index in [1.54, 1.807) is 0 Å². The summed E-state index contributed by atoms with van der Waals surface area (Å²) in [7, 11) is 0.